The van der Waals surface area contributed by atoms with E-state index in [4.69, 9.17) is 10.5 Å². The lowest BCUT2D eigenvalue weighted by atomic mass is 9.83. The Kier molecular flexibility index (Phi) is 3.27. The zero-order chi connectivity index (χ0) is 10.7. The van der Waals surface area contributed by atoms with Gasteiger partial charge >= 0.3 is 0 Å². The number of hydrogen-bond donors (Lipinski definition) is 1. The van der Waals surface area contributed by atoms with Gasteiger partial charge in [-0.15, -0.1) is 0 Å². The summed E-state index contributed by atoms with van der Waals surface area (Å²) in [7, 11) is 0. The molecule has 2 nitrogen and oxygen atoms in total. The van der Waals surface area contributed by atoms with Crippen molar-refractivity contribution in [2.75, 3.05) is 18.9 Å². The van der Waals surface area contributed by atoms with E-state index < -0.39 is 0 Å². The largest absolute Gasteiger partial charge is 0.399 e. The molecule has 1 aliphatic rings. The van der Waals surface area contributed by atoms with Crippen LogP contribution >= 0.6 is 0 Å². The molecule has 1 fully saturated rings. The normalized spacial score (nSPS) is 20.1. The Morgan fingerprint density at radius 2 is 1.80 bits per heavy atom. The number of ether oxygens (including phenoxy) is 1. The second-order valence-electron chi connectivity index (χ2n) is 4.41. The first kappa shape index (κ1) is 10.5. The topological polar surface area (TPSA) is 35.2 Å². The number of anilines is 1. The highest BCUT2D eigenvalue weighted by Crippen LogP contribution is 2.31. The van der Waals surface area contributed by atoms with Crippen molar-refractivity contribution in [2.24, 2.45) is 5.92 Å². The molecule has 2 N–H and O–H groups in total. The van der Waals surface area contributed by atoms with Crippen LogP contribution in [0, 0.1) is 5.92 Å². The summed E-state index contributed by atoms with van der Waals surface area (Å²) in [4.78, 5) is 0. The minimum atomic E-state index is 0.620. The molecule has 1 atom stereocenters. The van der Waals surface area contributed by atoms with Crippen LogP contribution in [-0.4, -0.2) is 13.2 Å². The van der Waals surface area contributed by atoms with Crippen LogP contribution in [0.2, 0.25) is 0 Å². The molecule has 2 heteroatoms. The quantitative estimate of drug-likeness (QED) is 0.753. The third-order valence-corrected chi connectivity index (χ3v) is 3.44. The zero-order valence-electron chi connectivity index (χ0n) is 9.28. The number of hydrogen-bond acceptors (Lipinski definition) is 2. The molecule has 1 saturated heterocycles. The summed E-state index contributed by atoms with van der Waals surface area (Å²) in [6.45, 7) is 4.15. The maximum Gasteiger partial charge on any atom is 0.0468 e. The van der Waals surface area contributed by atoms with E-state index in [0.29, 0.717) is 5.92 Å². The fraction of sp³-hybridized carbons (Fsp3) is 0.538. The first-order valence-electron chi connectivity index (χ1n) is 5.70. The molecule has 1 aliphatic heterocycles. The summed E-state index contributed by atoms with van der Waals surface area (Å²) in [5.41, 5.74) is 7.93. The summed E-state index contributed by atoms with van der Waals surface area (Å²) in [6, 6.07) is 8.28. The molecule has 1 unspecified atom stereocenters. The maximum absolute atomic E-state index is 5.69. The molecule has 1 aromatic carbocycles. The third kappa shape index (κ3) is 2.51. The van der Waals surface area contributed by atoms with Crippen LogP contribution in [-0.2, 0) is 4.74 Å². The fourth-order valence-electron chi connectivity index (χ4n) is 2.29. The molecular weight excluding hydrogens is 186 g/mol. The van der Waals surface area contributed by atoms with Gasteiger partial charge in [0.15, 0.2) is 0 Å². The van der Waals surface area contributed by atoms with Crippen LogP contribution in [0.1, 0.15) is 31.2 Å². The number of rotatable bonds is 2. The minimum absolute atomic E-state index is 0.620. The van der Waals surface area contributed by atoms with Crippen LogP contribution in [0.4, 0.5) is 5.69 Å². The molecule has 1 heterocycles. The minimum Gasteiger partial charge on any atom is -0.399 e. The second kappa shape index (κ2) is 4.67. The fourth-order valence-corrected chi connectivity index (χ4v) is 2.29. The van der Waals surface area contributed by atoms with Gasteiger partial charge in [-0.05, 0) is 42.4 Å². The molecular formula is C13H19NO. The maximum atomic E-state index is 5.69. The van der Waals surface area contributed by atoms with Gasteiger partial charge in [-0.3, -0.25) is 0 Å². The molecule has 0 aliphatic carbocycles. The van der Waals surface area contributed by atoms with E-state index in [-0.39, 0.29) is 0 Å². The summed E-state index contributed by atoms with van der Waals surface area (Å²) >= 11 is 0. The van der Waals surface area contributed by atoms with E-state index >= 15 is 0 Å². The smallest absolute Gasteiger partial charge is 0.0468 e. The van der Waals surface area contributed by atoms with Crippen molar-refractivity contribution < 1.29 is 4.74 Å². The Bertz CT molecular complexity index is 301. The molecule has 0 aromatic heterocycles. The van der Waals surface area contributed by atoms with Gasteiger partial charge in [0.2, 0.25) is 0 Å². The molecule has 2 rings (SSSR count). The van der Waals surface area contributed by atoms with Crippen molar-refractivity contribution in [1.29, 1.82) is 0 Å². The van der Waals surface area contributed by atoms with Crippen LogP contribution in [0.15, 0.2) is 24.3 Å². The SMILES string of the molecule is CC(c1ccc(N)cc1)C1CCOCC1. The number of benzene rings is 1. The Labute approximate surface area is 91.4 Å². The lowest BCUT2D eigenvalue weighted by molar-refractivity contribution is 0.0596. The van der Waals surface area contributed by atoms with Crippen LogP contribution in [0.3, 0.4) is 0 Å². The predicted molar refractivity (Wildman–Crippen MR) is 62.8 cm³/mol. The third-order valence-electron chi connectivity index (χ3n) is 3.44. The molecule has 0 amide bonds. The predicted octanol–water partition coefficient (Wildman–Crippen LogP) is 2.80. The summed E-state index contributed by atoms with van der Waals surface area (Å²) in [5.74, 6) is 1.39. The zero-order valence-corrected chi connectivity index (χ0v) is 9.28. The monoisotopic (exact) mass is 205 g/mol. The average molecular weight is 205 g/mol. The highest BCUT2D eigenvalue weighted by atomic mass is 16.5. The van der Waals surface area contributed by atoms with Crippen LogP contribution in [0.25, 0.3) is 0 Å². The Morgan fingerprint density at radius 3 is 2.40 bits per heavy atom. The standard InChI is InChI=1S/C13H19NO/c1-10(12-6-8-15-9-7-12)11-2-4-13(14)5-3-11/h2-5,10,12H,6-9,14H2,1H3. The van der Waals surface area contributed by atoms with Gasteiger partial charge in [-0.2, -0.15) is 0 Å². The Balaban J connectivity index is 2.05. The van der Waals surface area contributed by atoms with E-state index in [9.17, 15) is 0 Å². The van der Waals surface area contributed by atoms with Gasteiger partial charge in [0.25, 0.3) is 0 Å². The molecule has 0 saturated carbocycles. The highest BCUT2D eigenvalue weighted by molar-refractivity contribution is 5.40. The Morgan fingerprint density at radius 1 is 1.20 bits per heavy atom. The van der Waals surface area contributed by atoms with Gasteiger partial charge < -0.3 is 10.5 Å². The van der Waals surface area contributed by atoms with E-state index in [1.165, 1.54) is 18.4 Å². The van der Waals surface area contributed by atoms with Crippen molar-refractivity contribution >= 4 is 5.69 Å². The number of nitrogen functional groups attached to an aromatic ring is 1. The Hall–Kier alpha value is -1.02. The summed E-state index contributed by atoms with van der Waals surface area (Å²) in [5, 5.41) is 0. The van der Waals surface area contributed by atoms with Crippen molar-refractivity contribution in [1.82, 2.24) is 0 Å². The van der Waals surface area contributed by atoms with Crippen molar-refractivity contribution in [3.8, 4) is 0 Å². The van der Waals surface area contributed by atoms with Gasteiger partial charge in [-0.1, -0.05) is 19.1 Å². The van der Waals surface area contributed by atoms with E-state index in [1.807, 2.05) is 12.1 Å². The van der Waals surface area contributed by atoms with E-state index in [1.54, 1.807) is 0 Å². The van der Waals surface area contributed by atoms with Crippen molar-refractivity contribution in [3.63, 3.8) is 0 Å². The average Bonchev–Trinajstić information content (AvgIpc) is 2.30. The highest BCUT2D eigenvalue weighted by Gasteiger charge is 2.21. The summed E-state index contributed by atoms with van der Waals surface area (Å²) < 4.78 is 5.38. The molecule has 0 radical (unpaired) electrons. The number of nitrogens with two attached hydrogens (primary N) is 1. The molecule has 15 heavy (non-hydrogen) atoms. The molecule has 1 aromatic rings. The van der Waals surface area contributed by atoms with Gasteiger partial charge in [-0.25, -0.2) is 0 Å². The lowest BCUT2D eigenvalue weighted by Crippen LogP contribution is -2.20. The van der Waals surface area contributed by atoms with Gasteiger partial charge in [0.05, 0.1) is 0 Å². The van der Waals surface area contributed by atoms with E-state index in [0.717, 1.165) is 24.8 Å². The molecule has 0 bridgehead atoms. The molecule has 82 valence electrons. The summed E-state index contributed by atoms with van der Waals surface area (Å²) in [6.07, 6.45) is 2.37. The van der Waals surface area contributed by atoms with Crippen molar-refractivity contribution in [2.45, 2.75) is 25.7 Å². The van der Waals surface area contributed by atoms with Gasteiger partial charge in [0.1, 0.15) is 0 Å². The lowest BCUT2D eigenvalue weighted by Gasteiger charge is -2.28. The van der Waals surface area contributed by atoms with Gasteiger partial charge in [0, 0.05) is 18.9 Å². The van der Waals surface area contributed by atoms with Crippen LogP contribution in [0.5, 0.6) is 0 Å². The van der Waals surface area contributed by atoms with Crippen molar-refractivity contribution in [3.05, 3.63) is 29.8 Å². The second-order valence-corrected chi connectivity index (χ2v) is 4.41. The first-order valence-corrected chi connectivity index (χ1v) is 5.70. The van der Waals surface area contributed by atoms with E-state index in [2.05, 4.69) is 19.1 Å². The first-order chi connectivity index (χ1) is 7.27. The van der Waals surface area contributed by atoms with Crippen LogP contribution < -0.4 is 5.73 Å². The molecule has 0 spiro atoms.